The highest BCUT2D eigenvalue weighted by atomic mass is 16.5. The zero-order valence-corrected chi connectivity index (χ0v) is 11.5. The minimum atomic E-state index is -0.878. The van der Waals surface area contributed by atoms with Gasteiger partial charge in [0.05, 0.1) is 12.5 Å². The highest BCUT2D eigenvalue weighted by Gasteiger charge is 2.42. The van der Waals surface area contributed by atoms with Crippen LogP contribution in [-0.2, 0) is 9.59 Å². The summed E-state index contributed by atoms with van der Waals surface area (Å²) in [6.45, 7) is 0. The van der Waals surface area contributed by atoms with Gasteiger partial charge in [-0.05, 0) is 37.1 Å². The summed E-state index contributed by atoms with van der Waals surface area (Å²) in [5.41, 5.74) is -0.231. The average Bonchev–Trinajstić information content (AvgIpc) is 2.89. The summed E-state index contributed by atoms with van der Waals surface area (Å²) in [5.74, 6) is -0.403. The van der Waals surface area contributed by atoms with E-state index in [1.54, 1.807) is 31.4 Å². The highest BCUT2D eigenvalue weighted by Crippen LogP contribution is 2.41. The van der Waals surface area contributed by atoms with Gasteiger partial charge < -0.3 is 15.2 Å². The first kappa shape index (κ1) is 14.4. The Morgan fingerprint density at radius 3 is 2.35 bits per heavy atom. The average molecular weight is 277 g/mol. The molecule has 0 atom stereocenters. The molecule has 0 unspecified atom stereocenters. The van der Waals surface area contributed by atoms with Crippen LogP contribution in [0.25, 0.3) is 0 Å². The van der Waals surface area contributed by atoms with Crippen molar-refractivity contribution in [2.24, 2.45) is 5.41 Å². The maximum absolute atomic E-state index is 12.0. The zero-order valence-electron chi connectivity index (χ0n) is 11.5. The highest BCUT2D eigenvalue weighted by molar-refractivity contribution is 5.94. The molecular formula is C15H19NO4. The van der Waals surface area contributed by atoms with E-state index in [0.717, 1.165) is 12.8 Å². The van der Waals surface area contributed by atoms with Crippen LogP contribution in [0.4, 0.5) is 5.69 Å². The van der Waals surface area contributed by atoms with Gasteiger partial charge in [0.1, 0.15) is 5.75 Å². The quantitative estimate of drug-likeness (QED) is 0.867. The van der Waals surface area contributed by atoms with Crippen molar-refractivity contribution in [1.29, 1.82) is 0 Å². The number of hydrogen-bond donors (Lipinski definition) is 2. The van der Waals surface area contributed by atoms with Gasteiger partial charge in [-0.1, -0.05) is 12.8 Å². The number of nitrogens with one attached hydrogen (secondary N) is 1. The molecule has 1 amide bonds. The number of carbonyl (C=O) groups is 2. The predicted octanol–water partition coefficient (Wildman–Crippen LogP) is 2.67. The zero-order chi connectivity index (χ0) is 14.6. The van der Waals surface area contributed by atoms with Crippen molar-refractivity contribution >= 4 is 17.6 Å². The molecule has 1 aromatic carbocycles. The first-order chi connectivity index (χ1) is 9.55. The molecule has 0 radical (unpaired) electrons. The van der Waals surface area contributed by atoms with Crippen LogP contribution < -0.4 is 10.1 Å². The smallest absolute Gasteiger partial charge is 0.310 e. The molecule has 5 nitrogen and oxygen atoms in total. The van der Waals surface area contributed by atoms with E-state index in [1.165, 1.54) is 0 Å². The molecule has 0 spiro atoms. The van der Waals surface area contributed by atoms with Crippen LogP contribution >= 0.6 is 0 Å². The van der Waals surface area contributed by atoms with Gasteiger partial charge in [0.2, 0.25) is 5.91 Å². The van der Waals surface area contributed by atoms with E-state index in [4.69, 9.17) is 4.74 Å². The second-order valence-corrected chi connectivity index (χ2v) is 5.25. The molecular weight excluding hydrogens is 258 g/mol. The molecule has 0 aromatic heterocycles. The Bertz CT molecular complexity index is 489. The van der Waals surface area contributed by atoms with Crippen LogP contribution in [0.3, 0.4) is 0 Å². The lowest BCUT2D eigenvalue weighted by atomic mass is 9.82. The minimum Gasteiger partial charge on any atom is -0.497 e. The summed E-state index contributed by atoms with van der Waals surface area (Å²) in [7, 11) is 1.57. The molecule has 0 bridgehead atoms. The van der Waals surface area contributed by atoms with Gasteiger partial charge in [0.15, 0.2) is 0 Å². The Labute approximate surface area is 117 Å². The Kier molecular flexibility index (Phi) is 4.27. The lowest BCUT2D eigenvalue weighted by Gasteiger charge is -2.22. The number of ether oxygens (including phenoxy) is 1. The summed E-state index contributed by atoms with van der Waals surface area (Å²) in [4.78, 5) is 23.4. The number of anilines is 1. The Morgan fingerprint density at radius 1 is 1.25 bits per heavy atom. The van der Waals surface area contributed by atoms with E-state index >= 15 is 0 Å². The summed E-state index contributed by atoms with van der Waals surface area (Å²) in [6.07, 6.45) is 2.95. The van der Waals surface area contributed by atoms with Gasteiger partial charge in [-0.15, -0.1) is 0 Å². The molecule has 1 aliphatic carbocycles. The lowest BCUT2D eigenvalue weighted by molar-refractivity contribution is -0.150. The summed E-state index contributed by atoms with van der Waals surface area (Å²) < 4.78 is 5.04. The molecule has 2 rings (SSSR count). The predicted molar refractivity (Wildman–Crippen MR) is 74.8 cm³/mol. The second kappa shape index (κ2) is 5.94. The topological polar surface area (TPSA) is 75.6 Å². The molecule has 1 aromatic rings. The van der Waals surface area contributed by atoms with Crippen LogP contribution in [0, 0.1) is 5.41 Å². The Morgan fingerprint density at radius 2 is 1.85 bits per heavy atom. The fourth-order valence-corrected chi connectivity index (χ4v) is 2.70. The van der Waals surface area contributed by atoms with Gasteiger partial charge in [-0.2, -0.15) is 0 Å². The monoisotopic (exact) mass is 277 g/mol. The lowest BCUT2D eigenvalue weighted by Crippen LogP contribution is -2.32. The van der Waals surface area contributed by atoms with Crippen LogP contribution in [0.15, 0.2) is 24.3 Å². The number of carboxylic acid groups (broad SMARTS) is 1. The standard InChI is InChI=1S/C15H19NO4/c1-20-12-6-4-11(5-7-12)16-13(17)10-15(14(18)19)8-2-3-9-15/h4-7H,2-3,8-10H2,1H3,(H,16,17)(H,18,19). The summed E-state index contributed by atoms with van der Waals surface area (Å²) in [6, 6.07) is 6.97. The SMILES string of the molecule is COc1ccc(NC(=O)CC2(C(=O)O)CCCC2)cc1. The van der Waals surface area contributed by atoms with Gasteiger partial charge in [0.25, 0.3) is 0 Å². The van der Waals surface area contributed by atoms with E-state index < -0.39 is 11.4 Å². The summed E-state index contributed by atoms with van der Waals surface area (Å²) in [5, 5.41) is 12.1. The number of methoxy groups -OCH3 is 1. The number of rotatable bonds is 5. The van der Waals surface area contributed by atoms with Crippen molar-refractivity contribution < 1.29 is 19.4 Å². The second-order valence-electron chi connectivity index (χ2n) is 5.25. The van der Waals surface area contributed by atoms with Crippen molar-refractivity contribution in [2.45, 2.75) is 32.1 Å². The van der Waals surface area contributed by atoms with Crippen molar-refractivity contribution in [3.63, 3.8) is 0 Å². The van der Waals surface area contributed by atoms with E-state index in [1.807, 2.05) is 0 Å². The fraction of sp³-hybridized carbons (Fsp3) is 0.467. The van der Waals surface area contributed by atoms with Gasteiger partial charge in [-0.3, -0.25) is 9.59 Å². The first-order valence-corrected chi connectivity index (χ1v) is 6.73. The molecule has 0 saturated heterocycles. The van der Waals surface area contributed by atoms with Crippen LogP contribution in [0.1, 0.15) is 32.1 Å². The molecule has 1 aliphatic rings. The van der Waals surface area contributed by atoms with Gasteiger partial charge in [0, 0.05) is 12.1 Å². The summed E-state index contributed by atoms with van der Waals surface area (Å²) >= 11 is 0. The third-order valence-corrected chi connectivity index (χ3v) is 3.89. The van der Waals surface area contributed by atoms with Crippen molar-refractivity contribution in [2.75, 3.05) is 12.4 Å². The molecule has 20 heavy (non-hydrogen) atoms. The van der Waals surface area contributed by atoms with E-state index in [9.17, 15) is 14.7 Å². The number of hydrogen-bond acceptors (Lipinski definition) is 3. The number of carboxylic acids is 1. The van der Waals surface area contributed by atoms with E-state index in [2.05, 4.69) is 5.32 Å². The molecule has 0 aliphatic heterocycles. The number of benzene rings is 1. The molecule has 2 N–H and O–H groups in total. The van der Waals surface area contributed by atoms with Crippen LogP contribution in [0.2, 0.25) is 0 Å². The number of amides is 1. The van der Waals surface area contributed by atoms with E-state index in [-0.39, 0.29) is 12.3 Å². The maximum atomic E-state index is 12.0. The largest absolute Gasteiger partial charge is 0.497 e. The number of carbonyl (C=O) groups excluding carboxylic acids is 1. The Balaban J connectivity index is 1.99. The van der Waals surface area contributed by atoms with Gasteiger partial charge >= 0.3 is 5.97 Å². The number of aliphatic carboxylic acids is 1. The normalized spacial score (nSPS) is 16.6. The third-order valence-electron chi connectivity index (χ3n) is 3.89. The first-order valence-electron chi connectivity index (χ1n) is 6.73. The van der Waals surface area contributed by atoms with Crippen molar-refractivity contribution in [3.05, 3.63) is 24.3 Å². The Hall–Kier alpha value is -2.04. The molecule has 5 heteroatoms. The molecule has 108 valence electrons. The minimum absolute atomic E-state index is 0.0361. The van der Waals surface area contributed by atoms with Crippen LogP contribution in [-0.4, -0.2) is 24.1 Å². The maximum Gasteiger partial charge on any atom is 0.310 e. The molecule has 0 heterocycles. The third kappa shape index (κ3) is 3.10. The molecule has 1 saturated carbocycles. The molecule has 1 fully saturated rings. The van der Waals surface area contributed by atoms with Crippen molar-refractivity contribution in [3.8, 4) is 5.75 Å². The van der Waals surface area contributed by atoms with E-state index in [0.29, 0.717) is 24.3 Å². The van der Waals surface area contributed by atoms with Gasteiger partial charge in [-0.25, -0.2) is 0 Å². The van der Waals surface area contributed by atoms with Crippen LogP contribution in [0.5, 0.6) is 5.75 Å². The fourth-order valence-electron chi connectivity index (χ4n) is 2.70. The van der Waals surface area contributed by atoms with Crippen molar-refractivity contribution in [1.82, 2.24) is 0 Å².